The second kappa shape index (κ2) is 6.50. The minimum atomic E-state index is 0.814. The van der Waals surface area contributed by atoms with Gasteiger partial charge in [0.1, 0.15) is 0 Å². The molecule has 0 atom stereocenters. The van der Waals surface area contributed by atoms with Gasteiger partial charge in [0.2, 0.25) is 0 Å². The highest BCUT2D eigenvalue weighted by atomic mass is 32.1. The lowest BCUT2D eigenvalue weighted by Gasteiger charge is -2.34. The van der Waals surface area contributed by atoms with Crippen LogP contribution in [0.15, 0.2) is 12.1 Å². The first kappa shape index (κ1) is 13.0. The highest BCUT2D eigenvalue weighted by molar-refractivity contribution is 7.11. The maximum Gasteiger partial charge on any atom is 0.0329 e. The van der Waals surface area contributed by atoms with Crippen LogP contribution in [0.2, 0.25) is 0 Å². The topological polar surface area (TPSA) is 32.5 Å². The summed E-state index contributed by atoms with van der Waals surface area (Å²) < 4.78 is 0. The lowest BCUT2D eigenvalue weighted by Crippen LogP contribution is -2.46. The molecule has 1 aromatic heterocycles. The fourth-order valence-corrected chi connectivity index (χ4v) is 3.21. The number of nitrogens with zero attached hydrogens (tertiary/aromatic N) is 2. The summed E-state index contributed by atoms with van der Waals surface area (Å²) in [6.07, 6.45) is 1.13. The average molecular weight is 253 g/mol. The normalized spacial score (nSPS) is 18.7. The SMILES string of the molecule is Cc1ccc(CN2CCN(CCCN)CC2)s1. The van der Waals surface area contributed by atoms with E-state index in [2.05, 4.69) is 28.9 Å². The molecule has 0 radical (unpaired) electrons. The molecule has 96 valence electrons. The number of hydrogen-bond acceptors (Lipinski definition) is 4. The molecule has 0 spiro atoms. The van der Waals surface area contributed by atoms with Gasteiger partial charge in [0.15, 0.2) is 0 Å². The molecule has 1 aliphatic rings. The summed E-state index contributed by atoms with van der Waals surface area (Å²) in [7, 11) is 0. The minimum Gasteiger partial charge on any atom is -0.330 e. The molecule has 2 N–H and O–H groups in total. The molecule has 0 unspecified atom stereocenters. The smallest absolute Gasteiger partial charge is 0.0329 e. The van der Waals surface area contributed by atoms with E-state index in [0.29, 0.717) is 0 Å². The third-order valence-electron chi connectivity index (χ3n) is 3.32. The Morgan fingerprint density at radius 2 is 1.88 bits per heavy atom. The van der Waals surface area contributed by atoms with Crippen LogP contribution in [0.4, 0.5) is 0 Å². The molecule has 4 heteroatoms. The predicted molar refractivity (Wildman–Crippen MR) is 74.4 cm³/mol. The van der Waals surface area contributed by atoms with Crippen LogP contribution in [-0.2, 0) is 6.54 Å². The molecule has 0 aliphatic carbocycles. The number of piperazine rings is 1. The fraction of sp³-hybridized carbons (Fsp3) is 0.692. The maximum absolute atomic E-state index is 5.54. The summed E-state index contributed by atoms with van der Waals surface area (Å²) in [5.41, 5.74) is 5.54. The third kappa shape index (κ3) is 4.07. The summed E-state index contributed by atoms with van der Waals surface area (Å²) in [5, 5.41) is 0. The minimum absolute atomic E-state index is 0.814. The highest BCUT2D eigenvalue weighted by Crippen LogP contribution is 2.17. The van der Waals surface area contributed by atoms with Gasteiger partial charge in [-0.25, -0.2) is 0 Å². The molecule has 1 aromatic rings. The van der Waals surface area contributed by atoms with Crippen LogP contribution < -0.4 is 5.73 Å². The largest absolute Gasteiger partial charge is 0.330 e. The van der Waals surface area contributed by atoms with Crippen LogP contribution in [0.5, 0.6) is 0 Å². The molecule has 1 aliphatic heterocycles. The number of aryl methyl sites for hydroxylation is 1. The van der Waals surface area contributed by atoms with Gasteiger partial charge in [0.05, 0.1) is 0 Å². The van der Waals surface area contributed by atoms with Crippen molar-refractivity contribution in [3.05, 3.63) is 21.9 Å². The van der Waals surface area contributed by atoms with E-state index in [4.69, 9.17) is 5.73 Å². The van der Waals surface area contributed by atoms with Gasteiger partial charge in [0, 0.05) is 42.5 Å². The lowest BCUT2D eigenvalue weighted by atomic mass is 10.3. The van der Waals surface area contributed by atoms with Crippen LogP contribution >= 0.6 is 11.3 Å². The van der Waals surface area contributed by atoms with Crippen molar-refractivity contribution in [2.45, 2.75) is 19.9 Å². The van der Waals surface area contributed by atoms with Gasteiger partial charge in [-0.2, -0.15) is 0 Å². The number of nitrogens with two attached hydrogens (primary N) is 1. The van der Waals surface area contributed by atoms with E-state index in [9.17, 15) is 0 Å². The molecule has 0 saturated carbocycles. The Bertz CT molecular complexity index is 329. The zero-order valence-corrected chi connectivity index (χ0v) is 11.5. The van der Waals surface area contributed by atoms with Gasteiger partial charge in [0.25, 0.3) is 0 Å². The van der Waals surface area contributed by atoms with E-state index in [1.165, 1.54) is 42.5 Å². The van der Waals surface area contributed by atoms with Crippen molar-refractivity contribution in [2.24, 2.45) is 5.73 Å². The summed E-state index contributed by atoms with van der Waals surface area (Å²) in [6, 6.07) is 4.48. The average Bonchev–Trinajstić information content (AvgIpc) is 2.74. The summed E-state index contributed by atoms with van der Waals surface area (Å²) in [6.45, 7) is 10.1. The van der Waals surface area contributed by atoms with Crippen molar-refractivity contribution in [3.8, 4) is 0 Å². The second-order valence-electron chi connectivity index (χ2n) is 4.77. The molecule has 3 nitrogen and oxygen atoms in total. The van der Waals surface area contributed by atoms with E-state index in [-0.39, 0.29) is 0 Å². The Morgan fingerprint density at radius 1 is 1.18 bits per heavy atom. The van der Waals surface area contributed by atoms with Crippen LogP contribution in [0.3, 0.4) is 0 Å². The van der Waals surface area contributed by atoms with Gasteiger partial charge in [-0.15, -0.1) is 11.3 Å². The Morgan fingerprint density at radius 3 is 2.47 bits per heavy atom. The Hall–Kier alpha value is -0.420. The molecule has 1 saturated heterocycles. The lowest BCUT2D eigenvalue weighted by molar-refractivity contribution is 0.127. The molecule has 2 heterocycles. The van der Waals surface area contributed by atoms with Crippen molar-refractivity contribution in [1.82, 2.24) is 9.80 Å². The van der Waals surface area contributed by atoms with Gasteiger partial charge in [-0.05, 0) is 38.6 Å². The zero-order valence-electron chi connectivity index (χ0n) is 10.7. The summed E-state index contributed by atoms with van der Waals surface area (Å²) in [5.74, 6) is 0. The molecular formula is C13H23N3S. The van der Waals surface area contributed by atoms with Crippen molar-refractivity contribution in [3.63, 3.8) is 0 Å². The van der Waals surface area contributed by atoms with E-state index < -0.39 is 0 Å². The third-order valence-corrected chi connectivity index (χ3v) is 4.30. The molecule has 2 rings (SSSR count). The molecule has 0 aromatic carbocycles. The Balaban J connectivity index is 1.72. The first-order chi connectivity index (χ1) is 8.28. The number of hydrogen-bond donors (Lipinski definition) is 1. The molecular weight excluding hydrogens is 230 g/mol. The van der Waals surface area contributed by atoms with Crippen molar-refractivity contribution < 1.29 is 0 Å². The number of rotatable bonds is 5. The second-order valence-corrected chi connectivity index (χ2v) is 6.14. The molecule has 0 bridgehead atoms. The van der Waals surface area contributed by atoms with Crippen LogP contribution in [0, 0.1) is 6.92 Å². The maximum atomic E-state index is 5.54. The summed E-state index contributed by atoms with van der Waals surface area (Å²) in [4.78, 5) is 8.01. The van der Waals surface area contributed by atoms with Crippen molar-refractivity contribution >= 4 is 11.3 Å². The van der Waals surface area contributed by atoms with Gasteiger partial charge in [-0.3, -0.25) is 4.90 Å². The molecule has 17 heavy (non-hydrogen) atoms. The van der Waals surface area contributed by atoms with Gasteiger partial charge in [-0.1, -0.05) is 0 Å². The van der Waals surface area contributed by atoms with Crippen LogP contribution in [-0.4, -0.2) is 49.1 Å². The molecule has 1 fully saturated rings. The number of thiophene rings is 1. The Labute approximate surface area is 108 Å². The quantitative estimate of drug-likeness (QED) is 0.863. The van der Waals surface area contributed by atoms with Crippen LogP contribution in [0.1, 0.15) is 16.2 Å². The van der Waals surface area contributed by atoms with Crippen LogP contribution in [0.25, 0.3) is 0 Å². The monoisotopic (exact) mass is 253 g/mol. The standard InChI is InChI=1S/C13H23N3S/c1-12-3-4-13(17-12)11-16-9-7-15(8-10-16)6-2-5-14/h3-4H,2,5-11,14H2,1H3. The van der Waals surface area contributed by atoms with Gasteiger partial charge >= 0.3 is 0 Å². The highest BCUT2D eigenvalue weighted by Gasteiger charge is 2.16. The van der Waals surface area contributed by atoms with Gasteiger partial charge < -0.3 is 10.6 Å². The summed E-state index contributed by atoms with van der Waals surface area (Å²) >= 11 is 1.92. The fourth-order valence-electron chi connectivity index (χ4n) is 2.28. The molecule has 0 amide bonds. The van der Waals surface area contributed by atoms with Crippen molar-refractivity contribution in [1.29, 1.82) is 0 Å². The van der Waals surface area contributed by atoms with E-state index in [1.807, 2.05) is 11.3 Å². The Kier molecular flexibility index (Phi) is 4.98. The zero-order chi connectivity index (χ0) is 12.1. The van der Waals surface area contributed by atoms with E-state index in [1.54, 1.807) is 0 Å². The first-order valence-electron chi connectivity index (χ1n) is 6.48. The van der Waals surface area contributed by atoms with E-state index in [0.717, 1.165) is 19.5 Å². The predicted octanol–water partition coefficient (Wildman–Crippen LogP) is 1.52. The van der Waals surface area contributed by atoms with E-state index >= 15 is 0 Å². The first-order valence-corrected chi connectivity index (χ1v) is 7.29. The van der Waals surface area contributed by atoms with Crippen molar-refractivity contribution in [2.75, 3.05) is 39.3 Å².